The van der Waals surface area contributed by atoms with E-state index in [2.05, 4.69) is 20.6 Å². The van der Waals surface area contributed by atoms with Crippen molar-refractivity contribution in [2.45, 2.75) is 42.8 Å². The summed E-state index contributed by atoms with van der Waals surface area (Å²) in [5, 5.41) is 5.15. The van der Waals surface area contributed by atoms with Crippen LogP contribution in [0.5, 0.6) is 0 Å². The van der Waals surface area contributed by atoms with Gasteiger partial charge >= 0.3 is 6.18 Å². The fraction of sp³-hybridized carbons (Fsp3) is 0.321. The van der Waals surface area contributed by atoms with Crippen molar-refractivity contribution in [2.24, 2.45) is 0 Å². The maximum Gasteiger partial charge on any atom is 0.406 e. The monoisotopic (exact) mass is 589 g/mol. The Balaban J connectivity index is 1.26. The van der Waals surface area contributed by atoms with Crippen LogP contribution in [0.15, 0.2) is 42.7 Å². The number of nitrogens with zero attached hydrogens (tertiary/aromatic N) is 3. The second kappa shape index (κ2) is 9.81. The van der Waals surface area contributed by atoms with Crippen LogP contribution in [0.1, 0.15) is 45.1 Å². The molecule has 1 unspecified atom stereocenters. The number of halogens is 6. The molecule has 42 heavy (non-hydrogen) atoms. The molecule has 14 heteroatoms. The summed E-state index contributed by atoms with van der Waals surface area (Å²) in [6.45, 7) is -2.36. The number of alkyl halides is 3. The number of fused-ring (bicyclic) bond motifs is 3. The molecule has 3 atom stereocenters. The van der Waals surface area contributed by atoms with Gasteiger partial charge in [-0.3, -0.25) is 19.4 Å². The van der Waals surface area contributed by atoms with Gasteiger partial charge in [-0.1, -0.05) is 6.07 Å². The Morgan fingerprint density at radius 2 is 1.90 bits per heavy atom. The molecule has 3 aliphatic rings. The standard InChI is InChI=1S/C28H21F6N5O3/c29-16-6-17(22(31)19(30)7-16)15-5-20(25(41)39(11-15)12-28(32,33)34)37-24(40)14-4-13-8-27(9-21(13)36-10-14)18-2-1-3-35-23(18)38-26(27)42/h1-4,6-7,10,15,20H,5,8-9,11-12H2,(H,37,40)(H,35,38,42)/t15-,20+,27?/m1/s1. The highest BCUT2D eigenvalue weighted by molar-refractivity contribution is 6.06. The molecule has 0 saturated carbocycles. The SMILES string of the molecule is O=C(N[C@H]1C[C@@H](c2cc(F)cc(F)c2F)CN(CC(F)(F)F)C1=O)c1cnc2c(c1)CC1(C2)C(=O)Nc2ncccc21. The third-order valence-corrected chi connectivity index (χ3v) is 7.98. The topological polar surface area (TPSA) is 104 Å². The van der Waals surface area contributed by atoms with E-state index in [9.17, 15) is 40.7 Å². The Morgan fingerprint density at radius 1 is 1.12 bits per heavy atom. The van der Waals surface area contributed by atoms with Gasteiger partial charge in [0.1, 0.15) is 24.2 Å². The number of anilines is 1. The molecule has 1 aliphatic carbocycles. The molecular formula is C28H21F6N5O3. The first-order valence-corrected chi connectivity index (χ1v) is 12.9. The van der Waals surface area contributed by atoms with Crippen molar-refractivity contribution in [1.82, 2.24) is 20.2 Å². The van der Waals surface area contributed by atoms with E-state index in [4.69, 9.17) is 0 Å². The van der Waals surface area contributed by atoms with Crippen LogP contribution in [0.25, 0.3) is 0 Å². The summed E-state index contributed by atoms with van der Waals surface area (Å²) in [5.74, 6) is -7.09. The van der Waals surface area contributed by atoms with E-state index < -0.39 is 77.9 Å². The number of hydrogen-bond acceptors (Lipinski definition) is 5. The van der Waals surface area contributed by atoms with Crippen LogP contribution in [0.3, 0.4) is 0 Å². The number of nitrogens with one attached hydrogen (secondary N) is 2. The molecule has 3 amide bonds. The predicted molar refractivity (Wildman–Crippen MR) is 134 cm³/mol. The number of amides is 3. The third kappa shape index (κ3) is 4.73. The molecule has 6 rings (SSSR count). The highest BCUT2D eigenvalue weighted by atomic mass is 19.4. The first kappa shape index (κ1) is 27.7. The molecule has 218 valence electrons. The Kier molecular flexibility index (Phi) is 6.46. The predicted octanol–water partition coefficient (Wildman–Crippen LogP) is 3.56. The molecule has 1 spiro atoms. The van der Waals surface area contributed by atoms with Crippen LogP contribution in [0.4, 0.5) is 32.2 Å². The molecule has 1 aromatic carbocycles. The summed E-state index contributed by atoms with van der Waals surface area (Å²) < 4.78 is 82.1. The van der Waals surface area contributed by atoms with Gasteiger partial charge in [0.25, 0.3) is 5.91 Å². The number of piperidine rings is 1. The molecule has 8 nitrogen and oxygen atoms in total. The van der Waals surface area contributed by atoms with Crippen molar-refractivity contribution in [3.63, 3.8) is 0 Å². The van der Waals surface area contributed by atoms with E-state index in [0.29, 0.717) is 39.7 Å². The number of aromatic nitrogens is 2. The second-order valence-corrected chi connectivity index (χ2v) is 10.7. The fourth-order valence-electron chi connectivity index (χ4n) is 6.10. The minimum atomic E-state index is -4.82. The van der Waals surface area contributed by atoms with Gasteiger partial charge in [-0.25, -0.2) is 18.2 Å². The van der Waals surface area contributed by atoms with Crippen molar-refractivity contribution in [1.29, 1.82) is 0 Å². The molecule has 4 heterocycles. The summed E-state index contributed by atoms with van der Waals surface area (Å²) >= 11 is 0. The fourth-order valence-corrected chi connectivity index (χ4v) is 6.10. The average molecular weight is 589 g/mol. The summed E-state index contributed by atoms with van der Waals surface area (Å²) in [6.07, 6.45) is -1.96. The normalized spacial score (nSPS) is 23.1. The molecule has 1 saturated heterocycles. The van der Waals surface area contributed by atoms with Gasteiger partial charge in [0, 0.05) is 48.6 Å². The van der Waals surface area contributed by atoms with Crippen molar-refractivity contribution in [3.05, 3.63) is 88.1 Å². The number of carbonyl (C=O) groups excluding carboxylic acids is 3. The second-order valence-electron chi connectivity index (χ2n) is 10.7. The summed E-state index contributed by atoms with van der Waals surface area (Å²) in [7, 11) is 0. The Bertz CT molecular complexity index is 1650. The van der Waals surface area contributed by atoms with Crippen molar-refractivity contribution in [2.75, 3.05) is 18.4 Å². The van der Waals surface area contributed by atoms with Gasteiger partial charge in [-0.05, 0) is 42.2 Å². The van der Waals surface area contributed by atoms with E-state index >= 15 is 0 Å². The molecule has 2 aliphatic heterocycles. The summed E-state index contributed by atoms with van der Waals surface area (Å²) in [4.78, 5) is 48.0. The highest BCUT2D eigenvalue weighted by Gasteiger charge is 2.52. The van der Waals surface area contributed by atoms with E-state index in [1.807, 2.05) is 0 Å². The van der Waals surface area contributed by atoms with Crippen LogP contribution in [-0.2, 0) is 27.8 Å². The summed E-state index contributed by atoms with van der Waals surface area (Å²) in [5.41, 5.74) is 0.355. The van der Waals surface area contributed by atoms with E-state index in [1.165, 1.54) is 12.3 Å². The Labute approximate surface area is 234 Å². The lowest BCUT2D eigenvalue weighted by Gasteiger charge is -2.38. The lowest BCUT2D eigenvalue weighted by molar-refractivity contribution is -0.165. The number of pyridine rings is 2. The maximum atomic E-state index is 14.6. The first-order chi connectivity index (χ1) is 19.8. The van der Waals surface area contributed by atoms with Crippen molar-refractivity contribution in [3.8, 4) is 0 Å². The van der Waals surface area contributed by atoms with Crippen molar-refractivity contribution >= 4 is 23.5 Å². The molecule has 1 fully saturated rings. The molecule has 0 bridgehead atoms. The smallest absolute Gasteiger partial charge is 0.340 e. The van der Waals surface area contributed by atoms with Crippen LogP contribution in [0.2, 0.25) is 0 Å². The summed E-state index contributed by atoms with van der Waals surface area (Å²) in [6, 6.07) is 4.39. The molecule has 3 aromatic rings. The zero-order valence-electron chi connectivity index (χ0n) is 21.6. The van der Waals surface area contributed by atoms with Crippen LogP contribution in [-0.4, -0.2) is 57.9 Å². The number of hydrogen-bond donors (Lipinski definition) is 2. The molecule has 2 aromatic heterocycles. The first-order valence-electron chi connectivity index (χ1n) is 12.9. The van der Waals surface area contributed by atoms with Gasteiger partial charge in [0.05, 0.1) is 11.0 Å². The van der Waals surface area contributed by atoms with E-state index in [1.54, 1.807) is 18.3 Å². The average Bonchev–Trinajstić information content (AvgIpc) is 3.44. The van der Waals surface area contributed by atoms with Crippen molar-refractivity contribution < 1.29 is 40.7 Å². The van der Waals surface area contributed by atoms with Gasteiger partial charge in [0.15, 0.2) is 11.6 Å². The third-order valence-electron chi connectivity index (χ3n) is 7.98. The quantitative estimate of drug-likeness (QED) is 0.358. The van der Waals surface area contributed by atoms with Gasteiger partial charge in [0.2, 0.25) is 11.8 Å². The van der Waals surface area contributed by atoms with Gasteiger partial charge < -0.3 is 15.5 Å². The highest BCUT2D eigenvalue weighted by Crippen LogP contribution is 2.46. The van der Waals surface area contributed by atoms with Crippen LogP contribution < -0.4 is 10.6 Å². The molecule has 2 N–H and O–H groups in total. The Hall–Kier alpha value is -4.49. The lowest BCUT2D eigenvalue weighted by Crippen LogP contribution is -2.56. The molecular weight excluding hydrogens is 568 g/mol. The number of benzene rings is 1. The zero-order chi connectivity index (χ0) is 30.0. The minimum Gasteiger partial charge on any atom is -0.340 e. The number of carbonyl (C=O) groups is 3. The zero-order valence-corrected chi connectivity index (χ0v) is 21.6. The number of rotatable bonds is 4. The van der Waals surface area contributed by atoms with Gasteiger partial charge in [-0.15, -0.1) is 0 Å². The van der Waals surface area contributed by atoms with Gasteiger partial charge in [-0.2, -0.15) is 13.2 Å². The maximum absolute atomic E-state index is 14.6. The number of likely N-dealkylation sites (tertiary alicyclic amines) is 1. The largest absolute Gasteiger partial charge is 0.406 e. The van der Waals surface area contributed by atoms with E-state index in [0.717, 1.165) is 0 Å². The lowest BCUT2D eigenvalue weighted by atomic mass is 9.80. The molecule has 0 radical (unpaired) electrons. The van der Waals surface area contributed by atoms with E-state index in [-0.39, 0.29) is 24.3 Å². The minimum absolute atomic E-state index is 0.0177. The van der Waals surface area contributed by atoms with Crippen LogP contribution >= 0.6 is 0 Å². The Morgan fingerprint density at radius 3 is 2.67 bits per heavy atom. The van der Waals surface area contributed by atoms with Crippen LogP contribution in [0, 0.1) is 17.5 Å².